The second kappa shape index (κ2) is 7.74. The van der Waals surface area contributed by atoms with Crippen molar-refractivity contribution in [1.29, 1.82) is 0 Å². The Morgan fingerprint density at radius 1 is 1.44 bits per heavy atom. The third-order valence-electron chi connectivity index (χ3n) is 3.36. The molecule has 1 atom stereocenters. The fraction of sp³-hybridized carbons (Fsp3) is 0.929. The Morgan fingerprint density at radius 3 is 2.56 bits per heavy atom. The number of rotatable bonds is 9. The van der Waals surface area contributed by atoms with Crippen molar-refractivity contribution in [3.05, 3.63) is 0 Å². The number of nitrogens with zero attached hydrogens (tertiary/aromatic N) is 1. The molecule has 0 saturated heterocycles. The lowest BCUT2D eigenvalue weighted by atomic mass is 10.1. The van der Waals surface area contributed by atoms with Crippen LogP contribution in [-0.2, 0) is 4.79 Å². The van der Waals surface area contributed by atoms with Crippen molar-refractivity contribution in [1.82, 2.24) is 10.2 Å². The van der Waals surface area contributed by atoms with Crippen LogP contribution in [0.4, 0.5) is 0 Å². The molecule has 1 saturated carbocycles. The summed E-state index contributed by atoms with van der Waals surface area (Å²) in [7, 11) is 0. The second-order valence-electron chi connectivity index (χ2n) is 5.75. The Balaban J connectivity index is 2.45. The molecule has 1 fully saturated rings. The molecule has 1 aliphatic carbocycles. The fourth-order valence-corrected chi connectivity index (χ4v) is 2.30. The zero-order chi connectivity index (χ0) is 13.5. The second-order valence-corrected chi connectivity index (χ2v) is 5.75. The first-order valence-corrected chi connectivity index (χ1v) is 7.30. The molecule has 0 heterocycles. The smallest absolute Gasteiger partial charge is 0.221 e. The molecule has 0 bridgehead atoms. The average molecular weight is 255 g/mol. The highest BCUT2D eigenvalue weighted by Crippen LogP contribution is 2.30. The number of carbonyl (C=O) groups excluding carboxylic acids is 1. The summed E-state index contributed by atoms with van der Waals surface area (Å²) in [5.74, 6) is 0.969. The number of nitrogens with one attached hydrogen (secondary N) is 1. The van der Waals surface area contributed by atoms with Crippen molar-refractivity contribution in [2.24, 2.45) is 11.7 Å². The summed E-state index contributed by atoms with van der Waals surface area (Å²) in [5, 5.41) is 2.95. The molecule has 1 rings (SSSR count). The summed E-state index contributed by atoms with van der Waals surface area (Å²) < 4.78 is 0. The number of hydrogen-bond acceptors (Lipinski definition) is 3. The first kappa shape index (κ1) is 15.4. The highest BCUT2D eigenvalue weighted by atomic mass is 16.1. The van der Waals surface area contributed by atoms with E-state index in [2.05, 4.69) is 17.1 Å². The Kier molecular flexibility index (Phi) is 6.65. The lowest BCUT2D eigenvalue weighted by Crippen LogP contribution is -2.46. The molecule has 4 heteroatoms. The van der Waals surface area contributed by atoms with Gasteiger partial charge >= 0.3 is 0 Å². The van der Waals surface area contributed by atoms with Gasteiger partial charge in [0.1, 0.15) is 0 Å². The van der Waals surface area contributed by atoms with Crippen molar-refractivity contribution in [2.75, 3.05) is 19.6 Å². The van der Waals surface area contributed by atoms with Gasteiger partial charge in [-0.15, -0.1) is 0 Å². The molecule has 4 nitrogen and oxygen atoms in total. The molecule has 3 N–H and O–H groups in total. The lowest BCUT2D eigenvalue weighted by molar-refractivity contribution is -0.122. The third kappa shape index (κ3) is 5.83. The van der Waals surface area contributed by atoms with E-state index >= 15 is 0 Å². The van der Waals surface area contributed by atoms with Crippen LogP contribution in [0.5, 0.6) is 0 Å². The summed E-state index contributed by atoms with van der Waals surface area (Å²) in [4.78, 5) is 14.3. The summed E-state index contributed by atoms with van der Waals surface area (Å²) in [6, 6.07) is 0.406. The molecule has 0 aliphatic heterocycles. The predicted octanol–water partition coefficient (Wildman–Crippen LogP) is 1.35. The molecule has 0 radical (unpaired) electrons. The van der Waals surface area contributed by atoms with Crippen LogP contribution in [0, 0.1) is 5.92 Å². The van der Waals surface area contributed by atoms with Gasteiger partial charge in [0, 0.05) is 31.6 Å². The molecule has 0 aromatic carbocycles. The van der Waals surface area contributed by atoms with Gasteiger partial charge in [-0.25, -0.2) is 0 Å². The van der Waals surface area contributed by atoms with Crippen LogP contribution in [0.25, 0.3) is 0 Å². The van der Waals surface area contributed by atoms with Crippen LogP contribution in [0.15, 0.2) is 0 Å². The van der Waals surface area contributed by atoms with E-state index in [1.807, 2.05) is 13.8 Å². The average Bonchev–Trinajstić information content (AvgIpc) is 3.08. The SMILES string of the molecule is CCCN(CC1CC1)C(CN)CC(=O)NC(C)C. The third-order valence-corrected chi connectivity index (χ3v) is 3.36. The summed E-state index contributed by atoms with van der Waals surface area (Å²) in [6.07, 6.45) is 4.34. The standard InChI is InChI=1S/C14H29N3O/c1-4-7-17(10-12-5-6-12)13(9-15)8-14(18)16-11(2)3/h11-13H,4-10,15H2,1-3H3,(H,16,18). The minimum absolute atomic E-state index is 0.123. The van der Waals surface area contributed by atoms with Gasteiger partial charge in [0.2, 0.25) is 5.91 Å². The van der Waals surface area contributed by atoms with E-state index in [0.717, 1.165) is 25.4 Å². The lowest BCUT2D eigenvalue weighted by Gasteiger charge is -2.30. The molecule has 1 aliphatic rings. The predicted molar refractivity (Wildman–Crippen MR) is 75.3 cm³/mol. The van der Waals surface area contributed by atoms with Gasteiger partial charge in [-0.1, -0.05) is 6.92 Å². The first-order chi connectivity index (χ1) is 8.56. The summed E-state index contributed by atoms with van der Waals surface area (Å²) >= 11 is 0. The molecular formula is C14H29N3O. The molecule has 106 valence electrons. The highest BCUT2D eigenvalue weighted by Gasteiger charge is 2.28. The van der Waals surface area contributed by atoms with E-state index in [0.29, 0.717) is 13.0 Å². The van der Waals surface area contributed by atoms with Crippen LogP contribution >= 0.6 is 0 Å². The zero-order valence-electron chi connectivity index (χ0n) is 12.1. The minimum atomic E-state index is 0.123. The van der Waals surface area contributed by atoms with Gasteiger partial charge in [-0.3, -0.25) is 9.69 Å². The maximum absolute atomic E-state index is 11.8. The van der Waals surface area contributed by atoms with Gasteiger partial charge in [0.05, 0.1) is 0 Å². The van der Waals surface area contributed by atoms with Crippen LogP contribution < -0.4 is 11.1 Å². The number of carbonyl (C=O) groups is 1. The van der Waals surface area contributed by atoms with E-state index in [1.54, 1.807) is 0 Å². The zero-order valence-corrected chi connectivity index (χ0v) is 12.1. The molecule has 0 aromatic heterocycles. The van der Waals surface area contributed by atoms with E-state index in [1.165, 1.54) is 12.8 Å². The Hall–Kier alpha value is -0.610. The van der Waals surface area contributed by atoms with Crippen molar-refractivity contribution in [3.63, 3.8) is 0 Å². The van der Waals surface area contributed by atoms with Crippen molar-refractivity contribution < 1.29 is 4.79 Å². The number of nitrogens with two attached hydrogens (primary N) is 1. The topological polar surface area (TPSA) is 58.4 Å². The molecule has 18 heavy (non-hydrogen) atoms. The van der Waals surface area contributed by atoms with Gasteiger partial charge in [0.25, 0.3) is 0 Å². The molecule has 1 unspecified atom stereocenters. The Bertz CT molecular complexity index is 251. The quantitative estimate of drug-likeness (QED) is 0.654. The maximum atomic E-state index is 11.8. The highest BCUT2D eigenvalue weighted by molar-refractivity contribution is 5.76. The monoisotopic (exact) mass is 255 g/mol. The molecule has 1 amide bonds. The van der Waals surface area contributed by atoms with E-state index in [4.69, 9.17) is 5.73 Å². The van der Waals surface area contributed by atoms with E-state index in [9.17, 15) is 4.79 Å². The molecular weight excluding hydrogens is 226 g/mol. The Labute approximate surface area is 111 Å². The minimum Gasteiger partial charge on any atom is -0.354 e. The van der Waals surface area contributed by atoms with Crippen molar-refractivity contribution in [2.45, 2.75) is 58.5 Å². The fourth-order valence-electron chi connectivity index (χ4n) is 2.30. The number of hydrogen-bond donors (Lipinski definition) is 2. The van der Waals surface area contributed by atoms with E-state index < -0.39 is 0 Å². The van der Waals surface area contributed by atoms with Gasteiger partial charge in [-0.2, -0.15) is 0 Å². The van der Waals surface area contributed by atoms with Gasteiger partial charge in [0.15, 0.2) is 0 Å². The summed E-state index contributed by atoms with van der Waals surface area (Å²) in [6.45, 7) is 8.89. The van der Waals surface area contributed by atoms with Gasteiger partial charge < -0.3 is 11.1 Å². The molecule has 0 spiro atoms. The normalized spacial score (nSPS) is 17.2. The van der Waals surface area contributed by atoms with Crippen LogP contribution in [0.1, 0.15) is 46.5 Å². The van der Waals surface area contributed by atoms with Crippen molar-refractivity contribution in [3.8, 4) is 0 Å². The van der Waals surface area contributed by atoms with E-state index in [-0.39, 0.29) is 18.0 Å². The Morgan fingerprint density at radius 2 is 2.11 bits per heavy atom. The van der Waals surface area contributed by atoms with Crippen molar-refractivity contribution >= 4 is 5.91 Å². The van der Waals surface area contributed by atoms with Crippen LogP contribution in [0.2, 0.25) is 0 Å². The van der Waals surface area contributed by atoms with Crippen LogP contribution in [-0.4, -0.2) is 42.5 Å². The number of amides is 1. The summed E-state index contributed by atoms with van der Waals surface area (Å²) in [5.41, 5.74) is 5.86. The largest absolute Gasteiger partial charge is 0.354 e. The first-order valence-electron chi connectivity index (χ1n) is 7.30. The maximum Gasteiger partial charge on any atom is 0.221 e. The van der Waals surface area contributed by atoms with Crippen LogP contribution in [0.3, 0.4) is 0 Å². The molecule has 0 aromatic rings. The van der Waals surface area contributed by atoms with Gasteiger partial charge in [-0.05, 0) is 45.6 Å².